The predicted molar refractivity (Wildman–Crippen MR) is 41.8 cm³/mol. The van der Waals surface area contributed by atoms with Crippen LogP contribution >= 0.6 is 0 Å². The molecule has 60 valence electrons. The Morgan fingerprint density at radius 2 is 1.91 bits per heavy atom. The quantitative estimate of drug-likeness (QED) is 0.605. The van der Waals surface area contributed by atoms with Gasteiger partial charge in [0.25, 0.3) is 0 Å². The van der Waals surface area contributed by atoms with Crippen molar-refractivity contribution in [3.8, 4) is 0 Å². The number of hydrogen-bond donors (Lipinski definition) is 0. The fraction of sp³-hybridized carbons (Fsp3) is 0.333. The maximum Gasteiger partial charge on any atom is 0.0879 e. The fourth-order valence-electron chi connectivity index (χ4n) is 0.976. The zero-order valence-electron chi connectivity index (χ0n) is 6.29. The van der Waals surface area contributed by atoms with Crippen LogP contribution in [0.3, 0.4) is 0 Å². The first-order valence-corrected chi connectivity index (χ1v) is 3.71. The number of hydrogen-bond acceptors (Lipinski definition) is 1. The minimum absolute atomic E-state index is 0.189. The first-order chi connectivity index (χ1) is 5.43. The first-order valence-electron chi connectivity index (χ1n) is 3.71. The fourth-order valence-corrected chi connectivity index (χ4v) is 0.976. The number of rotatable bonds is 4. The van der Waals surface area contributed by atoms with Gasteiger partial charge in [-0.3, -0.25) is 0 Å². The molecule has 0 heterocycles. The van der Waals surface area contributed by atoms with E-state index < -0.39 is 0 Å². The van der Waals surface area contributed by atoms with Gasteiger partial charge in [-0.15, -0.1) is 0 Å². The summed E-state index contributed by atoms with van der Waals surface area (Å²) in [7, 11) is 0. The van der Waals surface area contributed by atoms with Crippen molar-refractivity contribution in [1.29, 1.82) is 0 Å². The molecule has 0 aliphatic heterocycles. The molecule has 0 spiro atoms. The van der Waals surface area contributed by atoms with E-state index in [0.29, 0.717) is 0 Å². The SMILES string of the molecule is FOCCCc1ccccc1. The van der Waals surface area contributed by atoms with Crippen LogP contribution in [-0.4, -0.2) is 6.61 Å². The molecule has 0 aromatic heterocycles. The Morgan fingerprint density at radius 1 is 1.18 bits per heavy atom. The van der Waals surface area contributed by atoms with Gasteiger partial charge in [0.2, 0.25) is 0 Å². The van der Waals surface area contributed by atoms with Gasteiger partial charge in [-0.1, -0.05) is 30.3 Å². The number of halogens is 1. The molecule has 0 saturated heterocycles. The third kappa shape index (κ3) is 3.14. The van der Waals surface area contributed by atoms with Gasteiger partial charge in [-0.05, 0) is 22.9 Å². The second-order valence-electron chi connectivity index (χ2n) is 2.40. The zero-order valence-corrected chi connectivity index (χ0v) is 6.29. The highest BCUT2D eigenvalue weighted by Gasteiger charge is 1.90. The lowest BCUT2D eigenvalue weighted by atomic mass is 10.1. The molecule has 0 radical (unpaired) electrons. The van der Waals surface area contributed by atoms with E-state index in [-0.39, 0.29) is 6.61 Å². The van der Waals surface area contributed by atoms with Crippen LogP contribution in [0.25, 0.3) is 0 Å². The summed E-state index contributed by atoms with van der Waals surface area (Å²) in [6.07, 6.45) is 1.62. The minimum Gasteiger partial charge on any atom is -0.194 e. The maximum atomic E-state index is 11.2. The van der Waals surface area contributed by atoms with Gasteiger partial charge >= 0.3 is 0 Å². The van der Waals surface area contributed by atoms with Crippen molar-refractivity contribution in [3.05, 3.63) is 35.9 Å². The lowest BCUT2D eigenvalue weighted by molar-refractivity contribution is -0.132. The van der Waals surface area contributed by atoms with Crippen LogP contribution in [0.5, 0.6) is 0 Å². The first kappa shape index (κ1) is 8.21. The van der Waals surface area contributed by atoms with Crippen molar-refractivity contribution in [2.45, 2.75) is 12.8 Å². The molecule has 1 nitrogen and oxygen atoms in total. The van der Waals surface area contributed by atoms with Crippen LogP contribution in [0.1, 0.15) is 12.0 Å². The van der Waals surface area contributed by atoms with Crippen molar-refractivity contribution in [2.75, 3.05) is 6.61 Å². The maximum absolute atomic E-state index is 11.2. The van der Waals surface area contributed by atoms with Crippen LogP contribution in [0, 0.1) is 0 Å². The summed E-state index contributed by atoms with van der Waals surface area (Å²) < 4.78 is 11.2. The highest BCUT2D eigenvalue weighted by Crippen LogP contribution is 2.01. The van der Waals surface area contributed by atoms with E-state index in [9.17, 15) is 4.53 Å². The molecule has 0 N–H and O–H groups in total. The molecule has 0 unspecified atom stereocenters. The van der Waals surface area contributed by atoms with E-state index in [1.807, 2.05) is 30.3 Å². The number of benzene rings is 1. The van der Waals surface area contributed by atoms with Gasteiger partial charge in [0.15, 0.2) is 0 Å². The molecule has 0 bridgehead atoms. The average Bonchev–Trinajstić information content (AvgIpc) is 2.07. The molecule has 0 aliphatic carbocycles. The normalized spacial score (nSPS) is 9.91. The Kier molecular flexibility index (Phi) is 3.62. The third-order valence-corrected chi connectivity index (χ3v) is 1.53. The van der Waals surface area contributed by atoms with Gasteiger partial charge < -0.3 is 0 Å². The van der Waals surface area contributed by atoms with Crippen LogP contribution in [0.2, 0.25) is 0 Å². The molecule has 1 aromatic carbocycles. The van der Waals surface area contributed by atoms with Crippen LogP contribution < -0.4 is 0 Å². The standard InChI is InChI=1S/C9H11FO/c10-11-8-4-7-9-5-2-1-3-6-9/h1-3,5-6H,4,7-8H2. The summed E-state index contributed by atoms with van der Waals surface area (Å²) in [5.74, 6) is 0. The number of aryl methyl sites for hydroxylation is 1. The molecular formula is C9H11FO. The Hall–Kier alpha value is -0.890. The topological polar surface area (TPSA) is 9.23 Å². The second kappa shape index (κ2) is 4.85. The van der Waals surface area contributed by atoms with Gasteiger partial charge in [-0.2, -0.15) is 4.94 Å². The average molecular weight is 154 g/mol. The molecular weight excluding hydrogens is 143 g/mol. The monoisotopic (exact) mass is 154 g/mol. The molecule has 0 amide bonds. The smallest absolute Gasteiger partial charge is 0.0879 e. The highest BCUT2D eigenvalue weighted by atomic mass is 19.3. The highest BCUT2D eigenvalue weighted by molar-refractivity contribution is 5.14. The Labute approximate surface area is 65.7 Å². The Balaban J connectivity index is 2.28. The lowest BCUT2D eigenvalue weighted by Gasteiger charge is -1.97. The van der Waals surface area contributed by atoms with Crippen molar-refractivity contribution < 1.29 is 9.47 Å². The van der Waals surface area contributed by atoms with Crippen molar-refractivity contribution in [2.24, 2.45) is 0 Å². The van der Waals surface area contributed by atoms with E-state index in [2.05, 4.69) is 4.94 Å². The van der Waals surface area contributed by atoms with E-state index in [1.54, 1.807) is 0 Å². The third-order valence-electron chi connectivity index (χ3n) is 1.53. The molecule has 1 aromatic rings. The lowest BCUT2D eigenvalue weighted by Crippen LogP contribution is -1.89. The van der Waals surface area contributed by atoms with E-state index in [4.69, 9.17) is 0 Å². The molecule has 0 fully saturated rings. The molecule has 11 heavy (non-hydrogen) atoms. The van der Waals surface area contributed by atoms with Gasteiger partial charge in [0, 0.05) is 0 Å². The largest absolute Gasteiger partial charge is 0.194 e. The van der Waals surface area contributed by atoms with Crippen LogP contribution in [-0.2, 0) is 11.4 Å². The molecule has 2 heteroatoms. The molecule has 0 aliphatic rings. The second-order valence-corrected chi connectivity index (χ2v) is 2.40. The van der Waals surface area contributed by atoms with Gasteiger partial charge in [-0.25, -0.2) is 0 Å². The van der Waals surface area contributed by atoms with Crippen LogP contribution in [0.15, 0.2) is 30.3 Å². The van der Waals surface area contributed by atoms with Crippen molar-refractivity contribution in [1.82, 2.24) is 0 Å². The Morgan fingerprint density at radius 3 is 2.55 bits per heavy atom. The van der Waals surface area contributed by atoms with E-state index in [1.165, 1.54) is 5.56 Å². The molecule has 0 atom stereocenters. The summed E-state index contributed by atoms with van der Waals surface area (Å²) in [4.78, 5) is 3.46. The van der Waals surface area contributed by atoms with Crippen molar-refractivity contribution >= 4 is 0 Å². The molecule has 0 saturated carbocycles. The summed E-state index contributed by atoms with van der Waals surface area (Å²) in [6.45, 7) is 0.189. The molecule has 1 rings (SSSR count). The van der Waals surface area contributed by atoms with E-state index >= 15 is 0 Å². The summed E-state index contributed by atoms with van der Waals surface area (Å²) in [5.41, 5.74) is 1.23. The summed E-state index contributed by atoms with van der Waals surface area (Å²) >= 11 is 0. The zero-order chi connectivity index (χ0) is 7.94. The van der Waals surface area contributed by atoms with Crippen molar-refractivity contribution in [3.63, 3.8) is 0 Å². The minimum atomic E-state index is 0.189. The summed E-state index contributed by atoms with van der Waals surface area (Å²) in [5, 5.41) is 0. The predicted octanol–water partition coefficient (Wildman–Crippen LogP) is 2.52. The van der Waals surface area contributed by atoms with E-state index in [0.717, 1.165) is 12.8 Å². The van der Waals surface area contributed by atoms with Gasteiger partial charge in [0.1, 0.15) is 0 Å². The van der Waals surface area contributed by atoms with Gasteiger partial charge in [0.05, 0.1) is 6.61 Å². The Bertz CT molecular complexity index is 186. The summed E-state index contributed by atoms with van der Waals surface area (Å²) in [6, 6.07) is 9.98. The van der Waals surface area contributed by atoms with Crippen LogP contribution in [0.4, 0.5) is 4.53 Å².